The average molecular weight is 355 g/mol. The minimum absolute atomic E-state index is 0.191. The molecule has 4 N–H and O–H groups in total. The molecule has 0 spiro atoms. The molecule has 1 atom stereocenters. The second-order valence-corrected chi connectivity index (χ2v) is 6.47. The van der Waals surface area contributed by atoms with E-state index in [9.17, 15) is 5.11 Å². The number of nitrogens with zero attached hydrogens (tertiary/aromatic N) is 1. The van der Waals surface area contributed by atoms with Crippen LogP contribution in [0.4, 0.5) is 0 Å². The molecular formula is C21H27N2O3+. The van der Waals surface area contributed by atoms with Crippen LogP contribution in [0.3, 0.4) is 0 Å². The van der Waals surface area contributed by atoms with E-state index in [0.717, 1.165) is 40.9 Å². The van der Waals surface area contributed by atoms with Crippen LogP contribution >= 0.6 is 0 Å². The quantitative estimate of drug-likeness (QED) is 0.511. The van der Waals surface area contributed by atoms with E-state index in [1.54, 1.807) is 7.11 Å². The number of para-hydroxylation sites is 1. The number of aromatic nitrogens is 1. The number of hydrogen-bond acceptors (Lipinski definition) is 3. The van der Waals surface area contributed by atoms with Gasteiger partial charge in [-0.05, 0) is 42.0 Å². The van der Waals surface area contributed by atoms with Gasteiger partial charge in [-0.15, -0.1) is 0 Å². The Morgan fingerprint density at radius 3 is 2.62 bits per heavy atom. The van der Waals surface area contributed by atoms with E-state index in [1.165, 1.54) is 0 Å². The van der Waals surface area contributed by atoms with Gasteiger partial charge in [0.15, 0.2) is 0 Å². The van der Waals surface area contributed by atoms with Crippen molar-refractivity contribution in [2.24, 2.45) is 0 Å². The summed E-state index contributed by atoms with van der Waals surface area (Å²) in [5.41, 5.74) is 3.30. The molecule has 0 unspecified atom stereocenters. The van der Waals surface area contributed by atoms with Crippen LogP contribution < -0.4 is 10.1 Å². The average Bonchev–Trinajstić information content (AvgIpc) is 3.04. The molecule has 0 aliphatic heterocycles. The molecule has 0 bridgehead atoms. The van der Waals surface area contributed by atoms with Gasteiger partial charge in [0.05, 0.1) is 20.2 Å². The number of rotatable bonds is 9. The summed E-state index contributed by atoms with van der Waals surface area (Å²) in [5.74, 6) is 0.829. The molecule has 0 aliphatic carbocycles. The minimum atomic E-state index is -0.457. The zero-order chi connectivity index (χ0) is 18.4. The number of fused-ring (bicyclic) bond motifs is 1. The van der Waals surface area contributed by atoms with E-state index >= 15 is 0 Å². The Balaban J connectivity index is 1.87. The van der Waals surface area contributed by atoms with E-state index in [0.29, 0.717) is 13.1 Å². The highest BCUT2D eigenvalue weighted by Gasteiger charge is 2.15. The predicted molar refractivity (Wildman–Crippen MR) is 103 cm³/mol. The van der Waals surface area contributed by atoms with Gasteiger partial charge in [0.25, 0.3) is 0 Å². The zero-order valence-corrected chi connectivity index (χ0v) is 15.1. The van der Waals surface area contributed by atoms with Crippen molar-refractivity contribution in [1.29, 1.82) is 0 Å². The Hall–Kier alpha value is -2.34. The molecular weight excluding hydrogens is 328 g/mol. The zero-order valence-electron chi connectivity index (χ0n) is 15.1. The van der Waals surface area contributed by atoms with Crippen LogP contribution in [-0.2, 0) is 6.54 Å². The molecule has 3 rings (SSSR count). The summed E-state index contributed by atoms with van der Waals surface area (Å²) in [6.07, 6.45) is 0.289. The van der Waals surface area contributed by atoms with Gasteiger partial charge in [-0.3, -0.25) is 0 Å². The van der Waals surface area contributed by atoms with E-state index in [-0.39, 0.29) is 6.61 Å². The summed E-state index contributed by atoms with van der Waals surface area (Å²) in [4.78, 5) is 0. The number of methoxy groups -OCH3 is 1. The van der Waals surface area contributed by atoms with Crippen molar-refractivity contribution in [3.63, 3.8) is 0 Å². The maximum Gasteiger partial charge on any atom is 0.121 e. The summed E-state index contributed by atoms with van der Waals surface area (Å²) in [6.45, 7) is 2.17. The van der Waals surface area contributed by atoms with Gasteiger partial charge in [0.1, 0.15) is 18.4 Å². The number of aliphatic hydroxyl groups excluding tert-OH is 2. The fraction of sp³-hybridized carbons (Fsp3) is 0.333. The van der Waals surface area contributed by atoms with Crippen molar-refractivity contribution in [3.05, 3.63) is 54.6 Å². The van der Waals surface area contributed by atoms with Crippen molar-refractivity contribution in [1.82, 2.24) is 4.57 Å². The summed E-state index contributed by atoms with van der Waals surface area (Å²) in [5, 5.41) is 22.6. The Bertz CT molecular complexity index is 827. The first-order valence-electron chi connectivity index (χ1n) is 9.06. The van der Waals surface area contributed by atoms with Crippen molar-refractivity contribution >= 4 is 10.9 Å². The Morgan fingerprint density at radius 1 is 1.12 bits per heavy atom. The van der Waals surface area contributed by atoms with Crippen LogP contribution in [0.5, 0.6) is 5.75 Å². The monoisotopic (exact) mass is 355 g/mol. The predicted octanol–water partition coefficient (Wildman–Crippen LogP) is 1.62. The summed E-state index contributed by atoms with van der Waals surface area (Å²) in [6, 6.07) is 18.4. The number of ether oxygens (including phenoxy) is 1. The molecule has 5 heteroatoms. The first kappa shape index (κ1) is 18.5. The molecule has 0 amide bonds. The van der Waals surface area contributed by atoms with Gasteiger partial charge < -0.3 is 24.8 Å². The van der Waals surface area contributed by atoms with E-state index in [2.05, 4.69) is 28.1 Å². The van der Waals surface area contributed by atoms with E-state index < -0.39 is 6.10 Å². The SMILES string of the molecule is COc1ccc(-c2cc3ccccc3n2C[C@H](O)C[NH2+]CCCO)cc1. The molecule has 0 saturated heterocycles. The standard InChI is InChI=1S/C21H26N2O3/c1-26-19-9-7-16(8-10-19)21-13-17-5-2-3-6-20(17)23(21)15-18(25)14-22-11-4-12-24/h2-3,5-10,13,18,22,24-25H,4,11-12,14-15H2,1H3/p+1/t18-/m1/s1. The smallest absolute Gasteiger partial charge is 0.121 e. The second kappa shape index (κ2) is 8.85. The van der Waals surface area contributed by atoms with Gasteiger partial charge in [-0.25, -0.2) is 0 Å². The number of aliphatic hydroxyl groups is 2. The molecule has 0 saturated carbocycles. The Kier molecular flexibility index (Phi) is 6.28. The molecule has 1 heterocycles. The lowest BCUT2D eigenvalue weighted by atomic mass is 10.1. The van der Waals surface area contributed by atoms with Crippen LogP contribution in [-0.4, -0.2) is 47.7 Å². The fourth-order valence-electron chi connectivity index (χ4n) is 3.24. The second-order valence-electron chi connectivity index (χ2n) is 6.47. The van der Waals surface area contributed by atoms with Crippen LogP contribution in [0, 0.1) is 0 Å². The topological polar surface area (TPSA) is 71.2 Å². The van der Waals surface area contributed by atoms with Gasteiger partial charge in [0.2, 0.25) is 0 Å². The minimum Gasteiger partial charge on any atom is -0.497 e. The molecule has 1 aromatic heterocycles. The number of benzene rings is 2. The number of nitrogens with two attached hydrogens (primary N) is 1. The summed E-state index contributed by atoms with van der Waals surface area (Å²) >= 11 is 0. The highest BCUT2D eigenvalue weighted by atomic mass is 16.5. The lowest BCUT2D eigenvalue weighted by Gasteiger charge is -2.15. The lowest BCUT2D eigenvalue weighted by Crippen LogP contribution is -2.86. The molecule has 0 aliphatic rings. The Labute approximate surface area is 153 Å². The largest absolute Gasteiger partial charge is 0.497 e. The molecule has 3 aromatic rings. The molecule has 5 nitrogen and oxygen atoms in total. The highest BCUT2D eigenvalue weighted by molar-refractivity contribution is 5.87. The third-order valence-corrected chi connectivity index (χ3v) is 4.59. The van der Waals surface area contributed by atoms with Gasteiger partial charge in [-0.2, -0.15) is 0 Å². The van der Waals surface area contributed by atoms with Crippen molar-refractivity contribution in [3.8, 4) is 17.0 Å². The van der Waals surface area contributed by atoms with Gasteiger partial charge in [-0.1, -0.05) is 18.2 Å². The molecule has 26 heavy (non-hydrogen) atoms. The van der Waals surface area contributed by atoms with Crippen LogP contribution in [0.25, 0.3) is 22.2 Å². The summed E-state index contributed by atoms with van der Waals surface area (Å²) in [7, 11) is 1.66. The number of quaternary nitrogens is 1. The lowest BCUT2D eigenvalue weighted by molar-refractivity contribution is -0.661. The van der Waals surface area contributed by atoms with Crippen LogP contribution in [0.2, 0.25) is 0 Å². The first-order valence-corrected chi connectivity index (χ1v) is 9.06. The third kappa shape index (κ3) is 4.25. The fourth-order valence-corrected chi connectivity index (χ4v) is 3.24. The van der Waals surface area contributed by atoms with Crippen molar-refractivity contribution in [2.45, 2.75) is 19.1 Å². The molecule has 2 aromatic carbocycles. The van der Waals surface area contributed by atoms with E-state index in [1.807, 2.05) is 36.4 Å². The van der Waals surface area contributed by atoms with Gasteiger partial charge >= 0.3 is 0 Å². The number of hydrogen-bond donors (Lipinski definition) is 3. The van der Waals surface area contributed by atoms with Gasteiger partial charge in [0, 0.05) is 29.6 Å². The van der Waals surface area contributed by atoms with Crippen molar-refractivity contribution < 1.29 is 20.3 Å². The molecule has 0 fully saturated rings. The van der Waals surface area contributed by atoms with Crippen LogP contribution in [0.1, 0.15) is 6.42 Å². The highest BCUT2D eigenvalue weighted by Crippen LogP contribution is 2.29. The van der Waals surface area contributed by atoms with Crippen LogP contribution in [0.15, 0.2) is 54.6 Å². The molecule has 0 radical (unpaired) electrons. The Morgan fingerprint density at radius 2 is 1.88 bits per heavy atom. The first-order chi connectivity index (χ1) is 12.7. The maximum atomic E-state index is 10.5. The summed E-state index contributed by atoms with van der Waals surface area (Å²) < 4.78 is 7.44. The van der Waals surface area contributed by atoms with Crippen molar-refractivity contribution in [2.75, 3.05) is 26.8 Å². The maximum absolute atomic E-state index is 10.5. The normalized spacial score (nSPS) is 12.4. The third-order valence-electron chi connectivity index (χ3n) is 4.59. The molecule has 138 valence electrons. The van der Waals surface area contributed by atoms with E-state index in [4.69, 9.17) is 9.84 Å².